The average molecular weight is 357 g/mol. The molecule has 1 aromatic rings. The summed E-state index contributed by atoms with van der Waals surface area (Å²) in [5.41, 5.74) is 0.838. The van der Waals surface area contributed by atoms with Crippen molar-refractivity contribution in [3.05, 3.63) is 34.3 Å². The van der Waals surface area contributed by atoms with Gasteiger partial charge in [-0.1, -0.05) is 28.1 Å². The van der Waals surface area contributed by atoms with Crippen molar-refractivity contribution in [1.82, 2.24) is 10.6 Å². The van der Waals surface area contributed by atoms with E-state index in [1.165, 1.54) is 5.56 Å². The van der Waals surface area contributed by atoms with Gasteiger partial charge in [-0.2, -0.15) is 0 Å². The second kappa shape index (κ2) is 8.39. The molecule has 1 unspecified atom stereocenters. The van der Waals surface area contributed by atoms with Crippen LogP contribution in [0, 0.1) is 0 Å². The van der Waals surface area contributed by atoms with Crippen molar-refractivity contribution in [2.24, 2.45) is 0 Å². The highest BCUT2D eigenvalue weighted by Gasteiger charge is 2.15. The molecule has 0 saturated heterocycles. The summed E-state index contributed by atoms with van der Waals surface area (Å²) in [7, 11) is 0. The van der Waals surface area contributed by atoms with Gasteiger partial charge in [-0.15, -0.1) is 0 Å². The molecule has 1 rings (SSSR count). The Kier molecular flexibility index (Phi) is 7.18. The fourth-order valence-corrected chi connectivity index (χ4v) is 2.11. The predicted octanol–water partition coefficient (Wildman–Crippen LogP) is 3.49. The zero-order chi connectivity index (χ0) is 15.9. The minimum Gasteiger partial charge on any atom is -0.444 e. The van der Waals surface area contributed by atoms with Crippen molar-refractivity contribution in [3.8, 4) is 0 Å². The molecule has 0 aliphatic heterocycles. The molecule has 4 nitrogen and oxygen atoms in total. The summed E-state index contributed by atoms with van der Waals surface area (Å²) in [4.78, 5) is 11.5. The summed E-state index contributed by atoms with van der Waals surface area (Å²) < 4.78 is 6.26. The SMILES string of the molecule is CC(Cc1ccc(Br)cc1)NCCNC(=O)OC(C)(C)C. The molecule has 0 spiro atoms. The highest BCUT2D eigenvalue weighted by Crippen LogP contribution is 2.11. The van der Waals surface area contributed by atoms with E-state index in [1.807, 2.05) is 32.9 Å². The molecule has 5 heteroatoms. The molecule has 0 aliphatic rings. The van der Waals surface area contributed by atoms with Gasteiger partial charge in [-0.05, 0) is 51.8 Å². The normalized spacial score (nSPS) is 12.8. The van der Waals surface area contributed by atoms with E-state index in [0.717, 1.165) is 17.4 Å². The van der Waals surface area contributed by atoms with Gasteiger partial charge in [0, 0.05) is 23.6 Å². The minimum absolute atomic E-state index is 0.353. The van der Waals surface area contributed by atoms with Crippen LogP contribution in [0.25, 0.3) is 0 Å². The topological polar surface area (TPSA) is 50.4 Å². The third-order valence-electron chi connectivity index (χ3n) is 2.74. The van der Waals surface area contributed by atoms with Gasteiger partial charge in [0.25, 0.3) is 0 Å². The van der Waals surface area contributed by atoms with E-state index in [2.05, 4.69) is 45.6 Å². The number of hydrogen-bond donors (Lipinski definition) is 2. The first-order valence-electron chi connectivity index (χ1n) is 7.21. The van der Waals surface area contributed by atoms with E-state index in [0.29, 0.717) is 12.6 Å². The second-order valence-corrected chi connectivity index (χ2v) is 7.03. The van der Waals surface area contributed by atoms with Crippen LogP contribution >= 0.6 is 15.9 Å². The zero-order valence-electron chi connectivity index (χ0n) is 13.2. The van der Waals surface area contributed by atoms with Gasteiger partial charge in [0.05, 0.1) is 0 Å². The summed E-state index contributed by atoms with van der Waals surface area (Å²) in [5.74, 6) is 0. The van der Waals surface area contributed by atoms with Gasteiger partial charge >= 0.3 is 6.09 Å². The number of ether oxygens (including phenoxy) is 1. The first-order chi connectivity index (χ1) is 9.76. The number of halogens is 1. The largest absolute Gasteiger partial charge is 0.444 e. The van der Waals surface area contributed by atoms with Gasteiger partial charge in [0.2, 0.25) is 0 Å². The third kappa shape index (κ3) is 8.73. The van der Waals surface area contributed by atoms with Crippen LogP contribution in [0.3, 0.4) is 0 Å². The van der Waals surface area contributed by atoms with Gasteiger partial charge in [-0.3, -0.25) is 0 Å². The molecule has 1 amide bonds. The number of alkyl carbamates (subject to hydrolysis) is 1. The molecule has 0 aromatic heterocycles. The van der Waals surface area contributed by atoms with Crippen LogP contribution in [0.1, 0.15) is 33.3 Å². The number of hydrogen-bond acceptors (Lipinski definition) is 3. The van der Waals surface area contributed by atoms with Crippen LogP contribution in [0.15, 0.2) is 28.7 Å². The Morgan fingerprint density at radius 2 is 1.86 bits per heavy atom. The Balaban J connectivity index is 2.17. The van der Waals surface area contributed by atoms with Gasteiger partial charge < -0.3 is 15.4 Å². The van der Waals surface area contributed by atoms with E-state index in [1.54, 1.807) is 0 Å². The monoisotopic (exact) mass is 356 g/mol. The standard InChI is InChI=1S/C16H25BrN2O2/c1-12(11-13-5-7-14(17)8-6-13)18-9-10-19-15(20)21-16(2,3)4/h5-8,12,18H,9-11H2,1-4H3,(H,19,20). The molecule has 0 fully saturated rings. The Morgan fingerprint density at radius 1 is 1.24 bits per heavy atom. The van der Waals surface area contributed by atoms with Crippen LogP contribution in [0.2, 0.25) is 0 Å². The summed E-state index contributed by atoms with van der Waals surface area (Å²) in [6.07, 6.45) is 0.588. The summed E-state index contributed by atoms with van der Waals surface area (Å²) in [5, 5.41) is 6.12. The van der Waals surface area contributed by atoms with Crippen molar-refractivity contribution in [2.45, 2.75) is 45.8 Å². The summed E-state index contributed by atoms with van der Waals surface area (Å²) in [6.45, 7) is 8.97. The van der Waals surface area contributed by atoms with Crippen LogP contribution in [-0.2, 0) is 11.2 Å². The highest BCUT2D eigenvalue weighted by atomic mass is 79.9. The van der Waals surface area contributed by atoms with E-state index in [4.69, 9.17) is 4.74 Å². The van der Waals surface area contributed by atoms with Crippen LogP contribution in [0.4, 0.5) is 4.79 Å². The molecule has 1 atom stereocenters. The quantitative estimate of drug-likeness (QED) is 0.767. The molecule has 21 heavy (non-hydrogen) atoms. The molecule has 0 saturated carbocycles. The van der Waals surface area contributed by atoms with Crippen molar-refractivity contribution in [1.29, 1.82) is 0 Å². The fraction of sp³-hybridized carbons (Fsp3) is 0.562. The zero-order valence-corrected chi connectivity index (χ0v) is 14.8. The maximum Gasteiger partial charge on any atom is 0.407 e. The number of benzene rings is 1. The molecule has 2 N–H and O–H groups in total. The van der Waals surface area contributed by atoms with E-state index in [9.17, 15) is 4.79 Å². The molecular formula is C16H25BrN2O2. The van der Waals surface area contributed by atoms with Crippen molar-refractivity contribution in [3.63, 3.8) is 0 Å². The van der Waals surface area contributed by atoms with E-state index >= 15 is 0 Å². The van der Waals surface area contributed by atoms with E-state index in [-0.39, 0.29) is 6.09 Å². The van der Waals surface area contributed by atoms with E-state index < -0.39 is 5.60 Å². The van der Waals surface area contributed by atoms with Crippen LogP contribution in [-0.4, -0.2) is 30.8 Å². The van der Waals surface area contributed by atoms with Crippen molar-refractivity contribution < 1.29 is 9.53 Å². The number of nitrogens with one attached hydrogen (secondary N) is 2. The first kappa shape index (κ1) is 18.0. The average Bonchev–Trinajstić information content (AvgIpc) is 2.35. The van der Waals surface area contributed by atoms with Gasteiger partial charge in [0.1, 0.15) is 5.60 Å². The minimum atomic E-state index is -0.452. The van der Waals surface area contributed by atoms with Crippen LogP contribution in [0.5, 0.6) is 0 Å². The fourth-order valence-electron chi connectivity index (χ4n) is 1.84. The first-order valence-corrected chi connectivity index (χ1v) is 8.00. The molecule has 1 aromatic carbocycles. The molecule has 0 aliphatic carbocycles. The number of carbonyl (C=O) groups excluding carboxylic acids is 1. The predicted molar refractivity (Wildman–Crippen MR) is 89.5 cm³/mol. The Morgan fingerprint density at radius 3 is 2.43 bits per heavy atom. The number of carbonyl (C=O) groups is 1. The molecular weight excluding hydrogens is 332 g/mol. The highest BCUT2D eigenvalue weighted by molar-refractivity contribution is 9.10. The molecule has 0 heterocycles. The maximum absolute atomic E-state index is 11.5. The molecule has 0 radical (unpaired) electrons. The van der Waals surface area contributed by atoms with Crippen molar-refractivity contribution >= 4 is 22.0 Å². The summed E-state index contributed by atoms with van der Waals surface area (Å²) in [6, 6.07) is 8.67. The molecule has 118 valence electrons. The number of amides is 1. The lowest BCUT2D eigenvalue weighted by molar-refractivity contribution is 0.0528. The van der Waals surface area contributed by atoms with Crippen LogP contribution < -0.4 is 10.6 Å². The maximum atomic E-state index is 11.5. The Labute approximate surface area is 135 Å². The van der Waals surface area contributed by atoms with Gasteiger partial charge in [-0.25, -0.2) is 4.79 Å². The van der Waals surface area contributed by atoms with Crippen molar-refractivity contribution in [2.75, 3.05) is 13.1 Å². The summed E-state index contributed by atoms with van der Waals surface area (Å²) >= 11 is 3.43. The lowest BCUT2D eigenvalue weighted by atomic mass is 10.1. The number of rotatable bonds is 6. The lowest BCUT2D eigenvalue weighted by Crippen LogP contribution is -2.39. The smallest absolute Gasteiger partial charge is 0.407 e. The lowest BCUT2D eigenvalue weighted by Gasteiger charge is -2.20. The third-order valence-corrected chi connectivity index (χ3v) is 3.27. The van der Waals surface area contributed by atoms with Gasteiger partial charge in [0.15, 0.2) is 0 Å². The molecule has 0 bridgehead atoms. The Hall–Kier alpha value is -1.07. The second-order valence-electron chi connectivity index (χ2n) is 6.11. The Bertz CT molecular complexity index is 441.